The molecule has 6 aliphatic rings. The number of nitrogens with one attached hydrogen (secondary N) is 4. The predicted octanol–water partition coefficient (Wildman–Crippen LogP) is 4.85. The lowest BCUT2D eigenvalue weighted by molar-refractivity contribution is -0.137. The van der Waals surface area contributed by atoms with Gasteiger partial charge in [-0.2, -0.15) is 5.26 Å². The Labute approximate surface area is 448 Å². The van der Waals surface area contributed by atoms with Crippen LogP contribution in [0.1, 0.15) is 96.6 Å². The number of piperidine rings is 2. The fourth-order valence-electron chi connectivity index (χ4n) is 11.8. The zero-order valence-corrected chi connectivity index (χ0v) is 43.5. The standard InChI is InChI=1S/C30H34N4O5.C30H32N4O4/c1-39-26-11-5-9-19-13-21(14-23(19)26)30(38)34-17-22(18-7-3-2-4-8-18)16-25(34)29(37)33-24(27(31)35)15-20-10-6-12-32-28(20)36;1-38-27-11-5-9-20-13-22(15-25(20)27)30(37)34-18-23(19-7-3-2-4-8-19)16-26(34)29(36)33-24(17-31)14-21-10-6-12-32-28(21)35/h2-5,7-9,11,14,20,22,24-25H,6,10,12-13,15-17H2,1H3,(H2,31,35)(H,32,36)(H,33,37);2-5,7-9,11,15,21,23-24,26H,6,10,12-14,16,18H2,1H3,(H,32,35)(H,33,36)/t20-,22+,24-,25-;21-,23+,24-,26-/m00/s1. The minimum absolute atomic E-state index is 0.000488. The second-order valence-electron chi connectivity index (χ2n) is 20.8. The van der Waals surface area contributed by atoms with Gasteiger partial charge in [0.25, 0.3) is 11.8 Å². The second-order valence-corrected chi connectivity index (χ2v) is 20.8. The highest BCUT2D eigenvalue weighted by Gasteiger charge is 2.44. The van der Waals surface area contributed by atoms with Gasteiger partial charge >= 0.3 is 0 Å². The van der Waals surface area contributed by atoms with Gasteiger partial charge in [0, 0.05) is 85.0 Å². The largest absolute Gasteiger partial charge is 0.496 e. The number of primary amides is 1. The van der Waals surface area contributed by atoms with Crippen molar-refractivity contribution in [2.24, 2.45) is 17.6 Å². The van der Waals surface area contributed by atoms with Gasteiger partial charge in [-0.3, -0.25) is 33.6 Å². The van der Waals surface area contributed by atoms with E-state index in [1.165, 1.54) is 0 Å². The van der Waals surface area contributed by atoms with Gasteiger partial charge in [0.1, 0.15) is 35.7 Å². The van der Waals surface area contributed by atoms with Crippen LogP contribution < -0.4 is 36.5 Å². The van der Waals surface area contributed by atoms with Crippen molar-refractivity contribution in [3.05, 3.63) is 142 Å². The number of ether oxygens (including phenoxy) is 2. The number of fused-ring (bicyclic) bond motifs is 2. The lowest BCUT2D eigenvalue weighted by atomic mass is 9.91. The van der Waals surface area contributed by atoms with Crippen LogP contribution in [0.4, 0.5) is 0 Å². The summed E-state index contributed by atoms with van der Waals surface area (Å²) in [6.07, 6.45) is 8.90. The molecule has 77 heavy (non-hydrogen) atoms. The number of methoxy groups -OCH3 is 2. The first kappa shape index (κ1) is 53.6. The van der Waals surface area contributed by atoms with Gasteiger partial charge in [0.05, 0.1) is 20.3 Å². The first-order chi connectivity index (χ1) is 37.3. The van der Waals surface area contributed by atoms with Crippen molar-refractivity contribution in [2.45, 2.75) is 100 Å². The highest BCUT2D eigenvalue weighted by Crippen LogP contribution is 2.39. The monoisotopic (exact) mass is 1040 g/mol. The molecule has 4 heterocycles. The Bertz CT molecular complexity index is 3010. The number of benzene rings is 4. The third-order valence-corrected chi connectivity index (χ3v) is 15.9. The van der Waals surface area contributed by atoms with Gasteiger partial charge in [0.2, 0.25) is 29.5 Å². The van der Waals surface area contributed by atoms with E-state index in [4.69, 9.17) is 15.2 Å². The summed E-state index contributed by atoms with van der Waals surface area (Å²) < 4.78 is 11.0. The van der Waals surface area contributed by atoms with Crippen LogP contribution in [0.15, 0.2) is 108 Å². The van der Waals surface area contributed by atoms with Crippen LogP contribution in [0.5, 0.6) is 11.5 Å². The maximum atomic E-state index is 13.9. The molecule has 0 saturated carbocycles. The summed E-state index contributed by atoms with van der Waals surface area (Å²) in [5.41, 5.74) is 12.8. The maximum absolute atomic E-state index is 13.9. The molecule has 4 saturated heterocycles. The van der Waals surface area contributed by atoms with E-state index in [9.17, 15) is 38.8 Å². The van der Waals surface area contributed by atoms with Crippen LogP contribution in [0.25, 0.3) is 12.2 Å². The van der Waals surface area contributed by atoms with E-state index in [1.807, 2.05) is 109 Å². The zero-order chi connectivity index (χ0) is 54.2. The number of nitriles is 1. The highest BCUT2D eigenvalue weighted by molar-refractivity contribution is 6.04. The number of carbonyl (C=O) groups excluding carboxylic acids is 7. The lowest BCUT2D eigenvalue weighted by Gasteiger charge is -2.28. The van der Waals surface area contributed by atoms with E-state index >= 15 is 0 Å². The summed E-state index contributed by atoms with van der Waals surface area (Å²) in [6.45, 7) is 2.03. The SMILES string of the molecule is COc1cccc2c1C=C(C(=O)N1C[C@H](c3ccccc3)C[C@H]1C(=O)N[C@@H](C[C@@H]1CCCNC1=O)C(N)=O)C2.COc1cccc2c1C=C(C(=O)N1C[C@H](c3ccccc3)C[C@H]1C(=O)N[C@H](C#N)C[C@@H]1CCCNC1=O)C2. The number of rotatable bonds is 15. The lowest BCUT2D eigenvalue weighted by Crippen LogP contribution is -2.53. The van der Waals surface area contributed by atoms with Crippen molar-refractivity contribution in [3.8, 4) is 17.6 Å². The Morgan fingerprint density at radius 1 is 0.649 bits per heavy atom. The van der Waals surface area contributed by atoms with Gasteiger partial charge in [-0.15, -0.1) is 0 Å². The van der Waals surface area contributed by atoms with E-state index in [-0.39, 0.29) is 60.1 Å². The molecule has 0 radical (unpaired) electrons. The van der Waals surface area contributed by atoms with E-state index in [0.717, 1.165) is 46.2 Å². The van der Waals surface area contributed by atoms with Gasteiger partial charge in [-0.25, -0.2) is 0 Å². The Hall–Kier alpha value is -8.26. The van der Waals surface area contributed by atoms with Crippen molar-refractivity contribution in [3.63, 3.8) is 0 Å². The minimum Gasteiger partial charge on any atom is -0.496 e. The van der Waals surface area contributed by atoms with Crippen LogP contribution in [-0.4, -0.2) is 116 Å². The number of nitrogens with zero attached hydrogens (tertiary/aromatic N) is 3. The topological polar surface area (TPSA) is 242 Å². The van der Waals surface area contributed by atoms with E-state index in [2.05, 4.69) is 27.3 Å². The van der Waals surface area contributed by atoms with Crippen molar-refractivity contribution in [1.82, 2.24) is 31.1 Å². The number of nitrogens with two attached hydrogens (primary N) is 1. The molecular formula is C60H66N8O9. The molecule has 2 aliphatic carbocycles. The highest BCUT2D eigenvalue weighted by atomic mass is 16.5. The van der Waals surface area contributed by atoms with E-state index in [0.29, 0.717) is 87.3 Å². The molecule has 7 amide bonds. The molecule has 8 atom stereocenters. The number of amides is 7. The molecule has 0 bridgehead atoms. The van der Waals surface area contributed by atoms with Crippen molar-refractivity contribution in [1.29, 1.82) is 5.26 Å². The summed E-state index contributed by atoms with van der Waals surface area (Å²) in [5.74, 6) is -1.41. The molecule has 17 nitrogen and oxygen atoms in total. The molecule has 6 N–H and O–H groups in total. The molecule has 0 unspecified atom stereocenters. The molecule has 0 aromatic heterocycles. The quantitative estimate of drug-likeness (QED) is 0.108. The van der Waals surface area contributed by atoms with Crippen LogP contribution in [0, 0.1) is 23.2 Å². The summed E-state index contributed by atoms with van der Waals surface area (Å²) in [4.78, 5) is 95.0. The van der Waals surface area contributed by atoms with Gasteiger partial charge in [0.15, 0.2) is 0 Å². The molecule has 4 aliphatic heterocycles. The Kier molecular flexibility index (Phi) is 16.8. The van der Waals surface area contributed by atoms with Crippen molar-refractivity contribution < 1.29 is 43.0 Å². The average molecular weight is 1040 g/mol. The summed E-state index contributed by atoms with van der Waals surface area (Å²) in [5, 5.41) is 21.0. The van der Waals surface area contributed by atoms with E-state index in [1.54, 1.807) is 24.0 Å². The molecule has 17 heteroatoms. The number of carbonyl (C=O) groups is 7. The predicted molar refractivity (Wildman–Crippen MR) is 287 cm³/mol. The van der Waals surface area contributed by atoms with Crippen LogP contribution in [0.2, 0.25) is 0 Å². The van der Waals surface area contributed by atoms with Gasteiger partial charge in [-0.1, -0.05) is 84.9 Å². The van der Waals surface area contributed by atoms with Crippen LogP contribution in [0.3, 0.4) is 0 Å². The summed E-state index contributed by atoms with van der Waals surface area (Å²) in [7, 11) is 3.21. The van der Waals surface area contributed by atoms with Crippen LogP contribution >= 0.6 is 0 Å². The van der Waals surface area contributed by atoms with Crippen LogP contribution in [-0.2, 0) is 46.4 Å². The Morgan fingerprint density at radius 3 is 1.53 bits per heavy atom. The molecule has 10 rings (SSSR count). The fraction of sp³-hybridized carbons (Fsp3) is 0.400. The van der Waals surface area contributed by atoms with Gasteiger partial charge in [-0.05, 0) is 97.9 Å². The molecule has 4 fully saturated rings. The second kappa shape index (κ2) is 24.2. The molecule has 0 spiro atoms. The Morgan fingerprint density at radius 2 is 1.10 bits per heavy atom. The third kappa shape index (κ3) is 12.1. The third-order valence-electron chi connectivity index (χ3n) is 15.9. The van der Waals surface area contributed by atoms with Crippen molar-refractivity contribution >= 4 is 53.5 Å². The summed E-state index contributed by atoms with van der Waals surface area (Å²) in [6, 6.07) is 30.0. The minimum atomic E-state index is -1.00. The number of hydrogen-bond donors (Lipinski definition) is 5. The Balaban J connectivity index is 0.000000188. The maximum Gasteiger partial charge on any atom is 0.250 e. The molecule has 4 aromatic carbocycles. The smallest absolute Gasteiger partial charge is 0.250 e. The van der Waals surface area contributed by atoms with Crippen molar-refractivity contribution in [2.75, 3.05) is 40.4 Å². The molecule has 4 aromatic rings. The van der Waals surface area contributed by atoms with Gasteiger partial charge < -0.3 is 46.3 Å². The normalized spacial score (nSPS) is 23.0. The first-order valence-electron chi connectivity index (χ1n) is 26.6. The zero-order valence-electron chi connectivity index (χ0n) is 43.5. The number of likely N-dealkylation sites (tertiary alicyclic amines) is 2. The summed E-state index contributed by atoms with van der Waals surface area (Å²) >= 11 is 0. The molecule has 400 valence electrons. The number of hydrogen-bond acceptors (Lipinski definition) is 10. The first-order valence-corrected chi connectivity index (χ1v) is 26.6. The van der Waals surface area contributed by atoms with E-state index < -0.39 is 41.9 Å². The average Bonchev–Trinajstić information content (AvgIpc) is 4.29. The molecular weight excluding hydrogens is 977 g/mol. The fourth-order valence-corrected chi connectivity index (χ4v) is 11.8.